The van der Waals surface area contributed by atoms with Crippen molar-refractivity contribution in [2.24, 2.45) is 5.41 Å². The summed E-state index contributed by atoms with van der Waals surface area (Å²) in [4.78, 5) is 17.9. The Hall–Kier alpha value is -1.43. The second kappa shape index (κ2) is 5.16. The molecule has 0 aliphatic carbocycles. The fourth-order valence-corrected chi connectivity index (χ4v) is 2.52. The Morgan fingerprint density at radius 3 is 2.65 bits per heavy atom. The molecule has 6 heteroatoms. The molecule has 1 atom stereocenters. The van der Waals surface area contributed by atoms with Crippen molar-refractivity contribution in [2.75, 3.05) is 13.1 Å². The normalized spacial score (nSPS) is 24.2. The van der Waals surface area contributed by atoms with Gasteiger partial charge in [-0.15, -0.1) is 0 Å². The van der Waals surface area contributed by atoms with Crippen LogP contribution in [0.5, 0.6) is 0 Å². The summed E-state index contributed by atoms with van der Waals surface area (Å²) in [6, 6.07) is 0. The van der Waals surface area contributed by atoms with Gasteiger partial charge in [-0.2, -0.15) is 4.98 Å². The van der Waals surface area contributed by atoms with Crippen molar-refractivity contribution < 1.29 is 14.4 Å². The van der Waals surface area contributed by atoms with Crippen LogP contribution in [0.15, 0.2) is 4.52 Å². The lowest BCUT2D eigenvalue weighted by atomic mass is 9.84. The zero-order chi connectivity index (χ0) is 15.0. The smallest absolute Gasteiger partial charge is 0.310 e. The lowest BCUT2D eigenvalue weighted by molar-refractivity contribution is -0.148. The number of aliphatic carboxylic acids is 1. The van der Waals surface area contributed by atoms with Gasteiger partial charge in [0.05, 0.1) is 12.0 Å². The second-order valence-electron chi connectivity index (χ2n) is 6.66. The van der Waals surface area contributed by atoms with E-state index in [2.05, 4.69) is 15.0 Å². The molecule has 1 N–H and O–H groups in total. The number of carboxylic acids is 1. The number of likely N-dealkylation sites (tertiary alicyclic amines) is 1. The van der Waals surface area contributed by atoms with Crippen molar-refractivity contribution in [3.05, 3.63) is 11.7 Å². The highest BCUT2D eigenvalue weighted by Crippen LogP contribution is 2.34. The monoisotopic (exact) mass is 281 g/mol. The van der Waals surface area contributed by atoms with Crippen molar-refractivity contribution in [1.82, 2.24) is 15.0 Å². The molecule has 0 saturated carbocycles. The highest BCUT2D eigenvalue weighted by atomic mass is 16.5. The van der Waals surface area contributed by atoms with E-state index in [0.717, 1.165) is 6.54 Å². The predicted octanol–water partition coefficient (Wildman–Crippen LogP) is 2.05. The van der Waals surface area contributed by atoms with Crippen molar-refractivity contribution in [3.8, 4) is 0 Å². The standard InChI is InChI=1S/C14H23N3O3/c1-5-14(12(18)19)6-7-17(9-14)8-10-15-11(16-20-10)13(2,3)4/h5-9H2,1-4H3,(H,18,19). The molecule has 20 heavy (non-hydrogen) atoms. The summed E-state index contributed by atoms with van der Waals surface area (Å²) < 4.78 is 5.27. The molecule has 0 radical (unpaired) electrons. The predicted molar refractivity (Wildman–Crippen MR) is 73.3 cm³/mol. The highest BCUT2D eigenvalue weighted by molar-refractivity contribution is 5.75. The van der Waals surface area contributed by atoms with Crippen LogP contribution in [0.4, 0.5) is 0 Å². The molecular weight excluding hydrogens is 258 g/mol. The van der Waals surface area contributed by atoms with E-state index >= 15 is 0 Å². The molecule has 0 spiro atoms. The minimum Gasteiger partial charge on any atom is -0.481 e. The van der Waals surface area contributed by atoms with E-state index < -0.39 is 11.4 Å². The fraction of sp³-hybridized carbons (Fsp3) is 0.786. The summed E-state index contributed by atoms with van der Waals surface area (Å²) in [6.07, 6.45) is 1.33. The lowest BCUT2D eigenvalue weighted by Crippen LogP contribution is -2.33. The molecule has 1 saturated heterocycles. The SMILES string of the molecule is CCC1(C(=O)O)CCN(Cc2nc(C(C)(C)C)no2)C1. The second-order valence-corrected chi connectivity index (χ2v) is 6.66. The summed E-state index contributed by atoms with van der Waals surface area (Å²) in [5, 5.41) is 13.4. The van der Waals surface area contributed by atoms with Gasteiger partial charge in [0.15, 0.2) is 5.82 Å². The quantitative estimate of drug-likeness (QED) is 0.910. The van der Waals surface area contributed by atoms with Crippen LogP contribution in [0.2, 0.25) is 0 Å². The zero-order valence-corrected chi connectivity index (χ0v) is 12.6. The Balaban J connectivity index is 2.02. The van der Waals surface area contributed by atoms with Gasteiger partial charge in [0, 0.05) is 12.0 Å². The fourth-order valence-electron chi connectivity index (χ4n) is 2.52. The Morgan fingerprint density at radius 2 is 2.20 bits per heavy atom. The van der Waals surface area contributed by atoms with Gasteiger partial charge in [0.25, 0.3) is 0 Å². The Labute approximate surface area is 119 Å². The van der Waals surface area contributed by atoms with Crippen molar-refractivity contribution in [2.45, 2.75) is 52.5 Å². The van der Waals surface area contributed by atoms with Crippen molar-refractivity contribution in [1.29, 1.82) is 0 Å². The van der Waals surface area contributed by atoms with Gasteiger partial charge < -0.3 is 9.63 Å². The van der Waals surface area contributed by atoms with Crippen LogP contribution < -0.4 is 0 Å². The molecule has 0 aromatic carbocycles. The average Bonchev–Trinajstić information content (AvgIpc) is 2.96. The zero-order valence-electron chi connectivity index (χ0n) is 12.6. The number of carboxylic acid groups (broad SMARTS) is 1. The minimum atomic E-state index is -0.705. The maximum Gasteiger partial charge on any atom is 0.310 e. The van der Waals surface area contributed by atoms with Crippen LogP contribution in [0.1, 0.15) is 52.3 Å². The summed E-state index contributed by atoms with van der Waals surface area (Å²) in [7, 11) is 0. The van der Waals surface area contributed by atoms with Crippen LogP contribution in [0.25, 0.3) is 0 Å². The molecular formula is C14H23N3O3. The van der Waals surface area contributed by atoms with Gasteiger partial charge in [0.1, 0.15) is 0 Å². The summed E-state index contributed by atoms with van der Waals surface area (Å²) in [5.41, 5.74) is -0.756. The third-order valence-corrected chi connectivity index (χ3v) is 4.06. The van der Waals surface area contributed by atoms with Crippen LogP contribution >= 0.6 is 0 Å². The molecule has 1 fully saturated rings. The van der Waals surface area contributed by atoms with E-state index in [1.165, 1.54) is 0 Å². The van der Waals surface area contributed by atoms with Crippen LogP contribution in [-0.4, -0.2) is 39.2 Å². The molecule has 6 nitrogen and oxygen atoms in total. The van der Waals surface area contributed by atoms with Crippen molar-refractivity contribution in [3.63, 3.8) is 0 Å². The van der Waals surface area contributed by atoms with E-state index in [-0.39, 0.29) is 5.41 Å². The number of rotatable bonds is 4. The molecule has 2 heterocycles. The summed E-state index contributed by atoms with van der Waals surface area (Å²) in [6.45, 7) is 9.86. The van der Waals surface area contributed by atoms with Gasteiger partial charge in [0.2, 0.25) is 5.89 Å². The maximum absolute atomic E-state index is 11.4. The Morgan fingerprint density at radius 1 is 1.50 bits per heavy atom. The maximum atomic E-state index is 11.4. The Kier molecular flexibility index (Phi) is 3.86. The molecule has 2 rings (SSSR count). The summed E-state index contributed by atoms with van der Waals surface area (Å²) >= 11 is 0. The van der Waals surface area contributed by atoms with E-state index in [9.17, 15) is 9.90 Å². The lowest BCUT2D eigenvalue weighted by Gasteiger charge is -2.22. The first-order valence-electron chi connectivity index (χ1n) is 7.06. The van der Waals surface area contributed by atoms with Crippen LogP contribution in [0.3, 0.4) is 0 Å². The van der Waals surface area contributed by atoms with Gasteiger partial charge in [-0.25, -0.2) is 0 Å². The van der Waals surface area contributed by atoms with E-state index in [0.29, 0.717) is 37.6 Å². The molecule has 1 aromatic rings. The first kappa shape index (κ1) is 15.0. The molecule has 1 aliphatic rings. The largest absolute Gasteiger partial charge is 0.481 e. The molecule has 0 amide bonds. The van der Waals surface area contributed by atoms with Crippen LogP contribution in [-0.2, 0) is 16.8 Å². The average molecular weight is 281 g/mol. The molecule has 112 valence electrons. The molecule has 1 aromatic heterocycles. The first-order chi connectivity index (χ1) is 9.27. The number of hydrogen-bond donors (Lipinski definition) is 1. The number of carbonyl (C=O) groups is 1. The third kappa shape index (κ3) is 2.85. The number of aromatic nitrogens is 2. The van der Waals surface area contributed by atoms with E-state index in [4.69, 9.17) is 4.52 Å². The van der Waals surface area contributed by atoms with Gasteiger partial charge in [-0.3, -0.25) is 9.69 Å². The molecule has 1 aliphatic heterocycles. The van der Waals surface area contributed by atoms with Gasteiger partial charge in [-0.1, -0.05) is 32.9 Å². The third-order valence-electron chi connectivity index (χ3n) is 4.06. The van der Waals surface area contributed by atoms with Gasteiger partial charge >= 0.3 is 5.97 Å². The Bertz CT molecular complexity index is 492. The topological polar surface area (TPSA) is 79.5 Å². The van der Waals surface area contributed by atoms with E-state index in [1.807, 2.05) is 27.7 Å². The van der Waals surface area contributed by atoms with Crippen LogP contribution in [0, 0.1) is 5.41 Å². The summed E-state index contributed by atoms with van der Waals surface area (Å²) in [5.74, 6) is 0.544. The molecule has 1 unspecified atom stereocenters. The molecule has 0 bridgehead atoms. The number of hydrogen-bond acceptors (Lipinski definition) is 5. The minimum absolute atomic E-state index is 0.138. The van der Waals surface area contributed by atoms with Gasteiger partial charge in [-0.05, 0) is 19.4 Å². The number of nitrogens with zero attached hydrogens (tertiary/aromatic N) is 3. The van der Waals surface area contributed by atoms with E-state index in [1.54, 1.807) is 0 Å². The first-order valence-corrected chi connectivity index (χ1v) is 7.06. The van der Waals surface area contributed by atoms with Crippen molar-refractivity contribution >= 4 is 5.97 Å². The highest BCUT2D eigenvalue weighted by Gasteiger charge is 2.43.